The summed E-state index contributed by atoms with van der Waals surface area (Å²) < 4.78 is 9.29. The Bertz CT molecular complexity index is 1520. The first-order valence-electron chi connectivity index (χ1n) is 11.0. The summed E-state index contributed by atoms with van der Waals surface area (Å²) in [4.78, 5) is 28.3. The SMILES string of the molecule is CCOc1ccc(-n2c3nc4ccccc4nc3c3c(=O)n([C@H](C)CC)c(C)nc32)cc1. The third kappa shape index (κ3) is 3.04. The second-order valence-electron chi connectivity index (χ2n) is 7.94. The molecule has 0 saturated carbocycles. The van der Waals surface area contributed by atoms with Gasteiger partial charge in [-0.2, -0.15) is 0 Å². The number of aromatic nitrogens is 5. The van der Waals surface area contributed by atoms with E-state index in [0.29, 0.717) is 34.6 Å². The number of hydrogen-bond donors (Lipinski definition) is 0. The van der Waals surface area contributed by atoms with E-state index in [1.807, 2.05) is 73.9 Å². The molecule has 0 spiro atoms. The summed E-state index contributed by atoms with van der Waals surface area (Å²) in [5.41, 5.74) is 4.05. The van der Waals surface area contributed by atoms with Crippen molar-refractivity contribution in [1.82, 2.24) is 24.1 Å². The van der Waals surface area contributed by atoms with Crippen molar-refractivity contribution in [3.05, 3.63) is 64.7 Å². The minimum absolute atomic E-state index is 0.0386. The first-order chi connectivity index (χ1) is 15.5. The molecular formula is C25H25N5O2. The molecule has 0 bridgehead atoms. The molecule has 162 valence electrons. The second kappa shape index (κ2) is 7.75. The van der Waals surface area contributed by atoms with Crippen molar-refractivity contribution in [3.8, 4) is 11.4 Å². The molecule has 0 amide bonds. The third-order valence-corrected chi connectivity index (χ3v) is 5.92. The van der Waals surface area contributed by atoms with E-state index in [1.54, 1.807) is 4.57 Å². The van der Waals surface area contributed by atoms with E-state index >= 15 is 0 Å². The summed E-state index contributed by atoms with van der Waals surface area (Å²) in [7, 11) is 0. The molecule has 0 radical (unpaired) electrons. The van der Waals surface area contributed by atoms with Gasteiger partial charge in [0.05, 0.1) is 17.6 Å². The van der Waals surface area contributed by atoms with Gasteiger partial charge in [-0.25, -0.2) is 15.0 Å². The third-order valence-electron chi connectivity index (χ3n) is 5.92. The van der Waals surface area contributed by atoms with Gasteiger partial charge >= 0.3 is 0 Å². The zero-order valence-corrected chi connectivity index (χ0v) is 18.7. The lowest BCUT2D eigenvalue weighted by atomic mass is 10.2. The highest BCUT2D eigenvalue weighted by atomic mass is 16.5. The van der Waals surface area contributed by atoms with Crippen LogP contribution in [0, 0.1) is 6.92 Å². The molecule has 7 nitrogen and oxygen atoms in total. The number of nitrogens with zero attached hydrogens (tertiary/aromatic N) is 5. The zero-order valence-electron chi connectivity index (χ0n) is 18.7. The van der Waals surface area contributed by atoms with Gasteiger partial charge in [-0.05, 0) is 63.6 Å². The molecule has 0 N–H and O–H groups in total. The van der Waals surface area contributed by atoms with E-state index < -0.39 is 0 Å². The first kappa shape index (κ1) is 20.2. The first-order valence-corrected chi connectivity index (χ1v) is 11.0. The van der Waals surface area contributed by atoms with Gasteiger partial charge in [-0.3, -0.25) is 13.9 Å². The van der Waals surface area contributed by atoms with Crippen LogP contribution in [0.5, 0.6) is 5.75 Å². The molecule has 0 aliphatic carbocycles. The summed E-state index contributed by atoms with van der Waals surface area (Å²) in [6.07, 6.45) is 0.833. The Morgan fingerprint density at radius 3 is 2.28 bits per heavy atom. The lowest BCUT2D eigenvalue weighted by Gasteiger charge is -2.16. The minimum Gasteiger partial charge on any atom is -0.494 e. The van der Waals surface area contributed by atoms with Crippen LogP contribution in [-0.4, -0.2) is 30.7 Å². The predicted molar refractivity (Wildman–Crippen MR) is 127 cm³/mol. The summed E-state index contributed by atoms with van der Waals surface area (Å²) in [5, 5.41) is 0.498. The highest BCUT2D eigenvalue weighted by Crippen LogP contribution is 2.30. The number of hydrogen-bond acceptors (Lipinski definition) is 5. The monoisotopic (exact) mass is 427 g/mol. The molecule has 0 aliphatic heterocycles. The molecule has 5 aromatic rings. The number of rotatable bonds is 5. The molecule has 3 heterocycles. The van der Waals surface area contributed by atoms with Crippen LogP contribution < -0.4 is 10.3 Å². The molecule has 0 aliphatic rings. The number of para-hydroxylation sites is 2. The number of benzene rings is 2. The quantitative estimate of drug-likeness (QED) is 0.396. The highest BCUT2D eigenvalue weighted by Gasteiger charge is 2.23. The van der Waals surface area contributed by atoms with Crippen molar-refractivity contribution in [2.75, 3.05) is 6.61 Å². The van der Waals surface area contributed by atoms with Crippen LogP contribution in [0.3, 0.4) is 0 Å². The van der Waals surface area contributed by atoms with E-state index in [2.05, 4.69) is 6.92 Å². The van der Waals surface area contributed by atoms with Crippen LogP contribution in [0.25, 0.3) is 38.9 Å². The van der Waals surface area contributed by atoms with Crippen molar-refractivity contribution < 1.29 is 4.74 Å². The van der Waals surface area contributed by atoms with Gasteiger partial charge in [0.1, 0.15) is 22.5 Å². The van der Waals surface area contributed by atoms with Gasteiger partial charge in [0.15, 0.2) is 11.3 Å². The molecule has 0 fully saturated rings. The smallest absolute Gasteiger partial charge is 0.265 e. The molecule has 0 saturated heterocycles. The maximum atomic E-state index is 13.7. The van der Waals surface area contributed by atoms with Crippen LogP contribution in [0.15, 0.2) is 53.3 Å². The summed E-state index contributed by atoms with van der Waals surface area (Å²) in [6, 6.07) is 15.5. The molecule has 5 rings (SSSR count). The molecule has 7 heteroatoms. The summed E-state index contributed by atoms with van der Waals surface area (Å²) >= 11 is 0. The molecule has 32 heavy (non-hydrogen) atoms. The van der Waals surface area contributed by atoms with Crippen LogP contribution in [-0.2, 0) is 0 Å². The lowest BCUT2D eigenvalue weighted by molar-refractivity contribution is 0.340. The van der Waals surface area contributed by atoms with E-state index in [9.17, 15) is 4.79 Å². The van der Waals surface area contributed by atoms with Crippen molar-refractivity contribution in [2.24, 2.45) is 0 Å². The fourth-order valence-corrected chi connectivity index (χ4v) is 4.21. The Morgan fingerprint density at radius 1 is 0.938 bits per heavy atom. The molecular weight excluding hydrogens is 402 g/mol. The summed E-state index contributed by atoms with van der Waals surface area (Å²) in [5.74, 6) is 1.47. The van der Waals surface area contributed by atoms with Crippen LogP contribution >= 0.6 is 0 Å². The Hall–Kier alpha value is -3.74. The Labute approximate surface area is 185 Å². The van der Waals surface area contributed by atoms with E-state index in [4.69, 9.17) is 19.7 Å². The van der Waals surface area contributed by atoms with Crippen molar-refractivity contribution >= 4 is 33.2 Å². The second-order valence-corrected chi connectivity index (χ2v) is 7.94. The average Bonchev–Trinajstić information content (AvgIpc) is 3.11. The van der Waals surface area contributed by atoms with E-state index in [0.717, 1.165) is 28.9 Å². The number of aryl methyl sites for hydroxylation is 1. The van der Waals surface area contributed by atoms with Gasteiger partial charge in [0.25, 0.3) is 5.56 Å². The molecule has 2 aromatic carbocycles. The Morgan fingerprint density at radius 2 is 1.62 bits per heavy atom. The Kier molecular flexibility index (Phi) is 4.89. The average molecular weight is 428 g/mol. The van der Waals surface area contributed by atoms with Gasteiger partial charge in [-0.15, -0.1) is 0 Å². The topological polar surface area (TPSA) is 74.8 Å². The zero-order chi connectivity index (χ0) is 22.4. The molecule has 1 atom stereocenters. The van der Waals surface area contributed by atoms with Crippen molar-refractivity contribution in [1.29, 1.82) is 0 Å². The molecule has 0 unspecified atom stereocenters. The number of fused-ring (bicyclic) bond motifs is 4. The fourth-order valence-electron chi connectivity index (χ4n) is 4.21. The molecule has 3 aromatic heterocycles. The number of ether oxygens (including phenoxy) is 1. The van der Waals surface area contributed by atoms with Crippen LogP contribution in [0.2, 0.25) is 0 Å². The lowest BCUT2D eigenvalue weighted by Crippen LogP contribution is -2.26. The van der Waals surface area contributed by atoms with Gasteiger partial charge < -0.3 is 4.74 Å². The van der Waals surface area contributed by atoms with Gasteiger partial charge in [0, 0.05) is 11.7 Å². The minimum atomic E-state index is -0.0823. The largest absolute Gasteiger partial charge is 0.494 e. The van der Waals surface area contributed by atoms with Crippen molar-refractivity contribution in [3.63, 3.8) is 0 Å². The predicted octanol–water partition coefficient (Wildman–Crippen LogP) is 4.96. The maximum Gasteiger partial charge on any atom is 0.265 e. The Balaban J connectivity index is 1.92. The fraction of sp³-hybridized carbons (Fsp3) is 0.280. The highest BCUT2D eigenvalue weighted by molar-refractivity contribution is 6.05. The standard InChI is InChI=1S/C25H25N5O2/c1-5-15(3)29-16(4)26-23-21(25(29)31)22-24(28-20-10-8-7-9-19(20)27-22)30(23)17-11-13-18(14-12-17)32-6-2/h7-15H,5-6H2,1-4H3/t15-/m1/s1. The summed E-state index contributed by atoms with van der Waals surface area (Å²) in [6.45, 7) is 8.54. The maximum absolute atomic E-state index is 13.7. The van der Waals surface area contributed by atoms with E-state index in [1.165, 1.54) is 0 Å². The van der Waals surface area contributed by atoms with E-state index in [-0.39, 0.29) is 11.6 Å². The van der Waals surface area contributed by atoms with Gasteiger partial charge in [0.2, 0.25) is 0 Å². The van der Waals surface area contributed by atoms with Gasteiger partial charge in [-0.1, -0.05) is 19.1 Å². The van der Waals surface area contributed by atoms with Crippen molar-refractivity contribution in [2.45, 2.75) is 40.2 Å². The van der Waals surface area contributed by atoms with Crippen LogP contribution in [0.4, 0.5) is 0 Å². The normalized spacial score (nSPS) is 12.6. The van der Waals surface area contributed by atoms with Crippen LogP contribution in [0.1, 0.15) is 39.1 Å².